The molecule has 88 valence electrons. The molecule has 0 radical (unpaired) electrons. The van der Waals surface area contributed by atoms with Gasteiger partial charge in [-0.25, -0.2) is 0 Å². The molecule has 0 atom stereocenters. The van der Waals surface area contributed by atoms with Crippen LogP contribution in [0.15, 0.2) is 28.8 Å². The number of hydrogen-bond acceptors (Lipinski definition) is 5. The lowest BCUT2D eigenvalue weighted by Gasteiger charge is -1.93. The van der Waals surface area contributed by atoms with E-state index in [1.165, 1.54) is 24.3 Å². The highest BCUT2D eigenvalue weighted by molar-refractivity contribution is 5.56. The molecule has 0 bridgehead atoms. The predicted octanol–water partition coefficient (Wildman–Crippen LogP) is 2.58. The lowest BCUT2D eigenvalue weighted by Crippen LogP contribution is -1.88. The van der Waals surface area contributed by atoms with Crippen molar-refractivity contribution in [3.05, 3.63) is 40.3 Å². The Labute approximate surface area is 93.0 Å². The highest BCUT2D eigenvalue weighted by Crippen LogP contribution is 2.23. The number of non-ortho nitro benzene ring substituents is 1. The van der Waals surface area contributed by atoms with Crippen molar-refractivity contribution < 1.29 is 18.2 Å². The van der Waals surface area contributed by atoms with E-state index in [9.17, 15) is 18.9 Å². The van der Waals surface area contributed by atoms with Crippen LogP contribution < -0.4 is 0 Å². The van der Waals surface area contributed by atoms with Crippen LogP contribution in [0.5, 0.6) is 0 Å². The van der Waals surface area contributed by atoms with Gasteiger partial charge in [-0.2, -0.15) is 13.8 Å². The number of aromatic nitrogens is 2. The lowest BCUT2D eigenvalue weighted by atomic mass is 10.2. The minimum absolute atomic E-state index is 0.0322. The molecule has 8 heteroatoms. The zero-order valence-corrected chi connectivity index (χ0v) is 8.21. The zero-order valence-electron chi connectivity index (χ0n) is 8.21. The molecular weight excluding hydrogens is 236 g/mol. The van der Waals surface area contributed by atoms with Crippen molar-refractivity contribution >= 4 is 5.69 Å². The number of nitro groups is 1. The van der Waals surface area contributed by atoms with E-state index >= 15 is 0 Å². The minimum Gasteiger partial charge on any atom is -0.333 e. The van der Waals surface area contributed by atoms with E-state index in [1.54, 1.807) is 0 Å². The number of hydrogen-bond donors (Lipinski definition) is 0. The van der Waals surface area contributed by atoms with E-state index in [-0.39, 0.29) is 11.5 Å². The fourth-order valence-electron chi connectivity index (χ4n) is 1.17. The van der Waals surface area contributed by atoms with E-state index in [0.29, 0.717) is 5.56 Å². The van der Waals surface area contributed by atoms with Gasteiger partial charge in [-0.15, -0.1) is 0 Å². The largest absolute Gasteiger partial charge is 0.333 e. The molecule has 0 saturated carbocycles. The van der Waals surface area contributed by atoms with Crippen LogP contribution >= 0.6 is 0 Å². The second-order valence-corrected chi connectivity index (χ2v) is 3.06. The summed E-state index contributed by atoms with van der Waals surface area (Å²) < 4.78 is 28.7. The van der Waals surface area contributed by atoms with Gasteiger partial charge in [0, 0.05) is 17.7 Å². The molecule has 6 nitrogen and oxygen atoms in total. The monoisotopic (exact) mass is 241 g/mol. The highest BCUT2D eigenvalue weighted by atomic mass is 19.3. The summed E-state index contributed by atoms with van der Waals surface area (Å²) in [5, 5.41) is 13.7. The predicted molar refractivity (Wildman–Crippen MR) is 51.3 cm³/mol. The van der Waals surface area contributed by atoms with Crippen molar-refractivity contribution in [3.63, 3.8) is 0 Å². The molecule has 0 aliphatic rings. The van der Waals surface area contributed by atoms with Gasteiger partial charge in [-0.1, -0.05) is 5.16 Å². The highest BCUT2D eigenvalue weighted by Gasteiger charge is 2.17. The Balaban J connectivity index is 2.30. The van der Waals surface area contributed by atoms with Gasteiger partial charge in [0.05, 0.1) is 4.92 Å². The first kappa shape index (κ1) is 11.1. The van der Waals surface area contributed by atoms with Gasteiger partial charge in [0.15, 0.2) is 0 Å². The maximum Gasteiger partial charge on any atom is 0.315 e. The Morgan fingerprint density at radius 1 is 1.29 bits per heavy atom. The summed E-state index contributed by atoms with van der Waals surface area (Å²) in [5.41, 5.74) is 0.262. The van der Waals surface area contributed by atoms with E-state index < -0.39 is 17.2 Å². The Bertz CT molecular complexity index is 539. The van der Waals surface area contributed by atoms with Gasteiger partial charge in [0.25, 0.3) is 11.6 Å². The summed E-state index contributed by atoms with van der Waals surface area (Å²) in [6.45, 7) is 0. The molecule has 0 N–H and O–H groups in total. The molecule has 2 aromatic rings. The van der Waals surface area contributed by atoms with Gasteiger partial charge in [-0.3, -0.25) is 10.1 Å². The topological polar surface area (TPSA) is 82.1 Å². The maximum atomic E-state index is 12.2. The molecule has 0 aliphatic heterocycles. The van der Waals surface area contributed by atoms with Crippen LogP contribution in [0.1, 0.15) is 12.3 Å². The SMILES string of the molecule is O=[N+]([O-])c1ccc(-c2noc(C(F)F)n2)cc1. The third kappa shape index (κ3) is 2.25. The van der Waals surface area contributed by atoms with Crippen LogP contribution in [-0.2, 0) is 0 Å². The fourth-order valence-corrected chi connectivity index (χ4v) is 1.17. The quantitative estimate of drug-likeness (QED) is 0.609. The van der Waals surface area contributed by atoms with E-state index in [1.807, 2.05) is 0 Å². The van der Waals surface area contributed by atoms with E-state index in [2.05, 4.69) is 14.7 Å². The average Bonchev–Trinajstić information content (AvgIpc) is 2.78. The standard InChI is InChI=1S/C9H5F2N3O3/c10-7(11)9-12-8(13-17-9)5-1-3-6(4-2-5)14(15)16/h1-4,7H. The maximum absolute atomic E-state index is 12.2. The first-order valence-electron chi connectivity index (χ1n) is 4.44. The number of alkyl halides is 2. The molecule has 1 heterocycles. The van der Waals surface area contributed by atoms with Gasteiger partial charge in [0.2, 0.25) is 5.82 Å². The van der Waals surface area contributed by atoms with Crippen LogP contribution in [0, 0.1) is 10.1 Å². The summed E-state index contributed by atoms with van der Waals surface area (Å²) >= 11 is 0. The van der Waals surface area contributed by atoms with Crippen LogP contribution in [0.4, 0.5) is 14.5 Å². The van der Waals surface area contributed by atoms with E-state index in [0.717, 1.165) is 0 Å². The summed E-state index contributed by atoms with van der Waals surface area (Å²) in [5.74, 6) is -0.812. The molecule has 1 aromatic heterocycles. The first-order valence-corrected chi connectivity index (χ1v) is 4.44. The summed E-state index contributed by atoms with van der Waals surface area (Å²) in [7, 11) is 0. The van der Waals surface area contributed by atoms with Crippen molar-refractivity contribution in [2.45, 2.75) is 6.43 Å². The van der Waals surface area contributed by atoms with Crippen molar-refractivity contribution in [1.82, 2.24) is 10.1 Å². The second kappa shape index (κ2) is 4.24. The number of nitro benzene ring substituents is 1. The Kier molecular flexibility index (Phi) is 2.77. The summed E-state index contributed by atoms with van der Waals surface area (Å²) in [6, 6.07) is 5.18. The molecule has 1 aromatic carbocycles. The third-order valence-electron chi connectivity index (χ3n) is 1.96. The van der Waals surface area contributed by atoms with Crippen LogP contribution in [0.3, 0.4) is 0 Å². The van der Waals surface area contributed by atoms with Crippen LogP contribution in [0.2, 0.25) is 0 Å². The number of rotatable bonds is 3. The first-order chi connectivity index (χ1) is 8.08. The number of benzene rings is 1. The summed E-state index contributed by atoms with van der Waals surface area (Å²) in [4.78, 5) is 13.3. The normalized spacial score (nSPS) is 10.8. The molecule has 17 heavy (non-hydrogen) atoms. The van der Waals surface area contributed by atoms with Crippen molar-refractivity contribution in [2.24, 2.45) is 0 Å². The smallest absolute Gasteiger partial charge is 0.315 e. The molecular formula is C9H5F2N3O3. The van der Waals surface area contributed by atoms with Gasteiger partial charge >= 0.3 is 6.43 Å². The van der Waals surface area contributed by atoms with Crippen molar-refractivity contribution in [2.75, 3.05) is 0 Å². The number of halogens is 2. The zero-order chi connectivity index (χ0) is 12.4. The number of nitrogens with zero attached hydrogens (tertiary/aromatic N) is 3. The minimum atomic E-state index is -2.84. The molecule has 0 unspecified atom stereocenters. The summed E-state index contributed by atoms with van der Waals surface area (Å²) in [6.07, 6.45) is -2.84. The molecule has 2 rings (SSSR count). The molecule has 0 saturated heterocycles. The lowest BCUT2D eigenvalue weighted by molar-refractivity contribution is -0.384. The fraction of sp³-hybridized carbons (Fsp3) is 0.111. The van der Waals surface area contributed by atoms with Gasteiger partial charge in [-0.05, 0) is 12.1 Å². The molecule has 0 spiro atoms. The van der Waals surface area contributed by atoms with Crippen molar-refractivity contribution in [3.8, 4) is 11.4 Å². The van der Waals surface area contributed by atoms with E-state index in [4.69, 9.17) is 0 Å². The molecule has 0 amide bonds. The molecule has 0 aliphatic carbocycles. The van der Waals surface area contributed by atoms with Crippen LogP contribution in [-0.4, -0.2) is 15.1 Å². The Morgan fingerprint density at radius 3 is 2.41 bits per heavy atom. The third-order valence-corrected chi connectivity index (χ3v) is 1.96. The Morgan fingerprint density at radius 2 is 1.94 bits per heavy atom. The Hall–Kier alpha value is -2.38. The second-order valence-electron chi connectivity index (χ2n) is 3.06. The average molecular weight is 241 g/mol. The van der Waals surface area contributed by atoms with Crippen molar-refractivity contribution in [1.29, 1.82) is 0 Å². The van der Waals surface area contributed by atoms with Gasteiger partial charge < -0.3 is 4.52 Å². The van der Waals surface area contributed by atoms with Gasteiger partial charge in [0.1, 0.15) is 0 Å². The van der Waals surface area contributed by atoms with Crippen LogP contribution in [0.25, 0.3) is 11.4 Å². The molecule has 0 fully saturated rings.